The van der Waals surface area contributed by atoms with E-state index in [2.05, 4.69) is 5.32 Å². The molecule has 0 saturated carbocycles. The first kappa shape index (κ1) is 16.4. The largest absolute Gasteiger partial charge is 0.432 e. The zero-order chi connectivity index (χ0) is 16.8. The van der Waals surface area contributed by atoms with Crippen molar-refractivity contribution in [1.29, 1.82) is 0 Å². The van der Waals surface area contributed by atoms with Crippen LogP contribution in [0.25, 0.3) is 0 Å². The number of hydrogen-bond acceptors (Lipinski definition) is 4. The van der Waals surface area contributed by atoms with Gasteiger partial charge in [-0.25, -0.2) is 0 Å². The SMILES string of the molecule is O=C(Nc1ccccc1)c1cccc(OC(=S)N2CCOCC2)c1. The van der Waals surface area contributed by atoms with Gasteiger partial charge in [0.05, 0.1) is 13.2 Å². The second-order valence-corrected chi connectivity index (χ2v) is 5.66. The van der Waals surface area contributed by atoms with Gasteiger partial charge in [0.15, 0.2) is 0 Å². The average Bonchev–Trinajstić information content (AvgIpc) is 2.63. The molecule has 0 aromatic heterocycles. The van der Waals surface area contributed by atoms with Crippen LogP contribution in [0.15, 0.2) is 54.6 Å². The number of carbonyl (C=O) groups excluding carboxylic acids is 1. The number of morpholine rings is 1. The maximum Gasteiger partial charge on any atom is 0.264 e. The van der Waals surface area contributed by atoms with Gasteiger partial charge in [0, 0.05) is 24.3 Å². The molecule has 1 N–H and O–H groups in total. The highest BCUT2D eigenvalue weighted by molar-refractivity contribution is 7.80. The van der Waals surface area contributed by atoms with E-state index in [0.717, 1.165) is 5.69 Å². The van der Waals surface area contributed by atoms with Crippen LogP contribution in [0, 0.1) is 0 Å². The molecule has 3 rings (SSSR count). The van der Waals surface area contributed by atoms with Crippen molar-refractivity contribution in [3.8, 4) is 5.75 Å². The van der Waals surface area contributed by atoms with Crippen molar-refractivity contribution in [3.63, 3.8) is 0 Å². The number of nitrogens with one attached hydrogen (secondary N) is 1. The number of ether oxygens (including phenoxy) is 2. The summed E-state index contributed by atoms with van der Waals surface area (Å²) in [4.78, 5) is 14.3. The summed E-state index contributed by atoms with van der Waals surface area (Å²) in [5.41, 5.74) is 1.26. The van der Waals surface area contributed by atoms with Crippen molar-refractivity contribution in [1.82, 2.24) is 4.90 Å². The Balaban J connectivity index is 1.65. The summed E-state index contributed by atoms with van der Waals surface area (Å²) in [5.74, 6) is 0.358. The normalized spacial score (nSPS) is 14.1. The van der Waals surface area contributed by atoms with Crippen LogP contribution in [0.3, 0.4) is 0 Å². The Morgan fingerprint density at radius 3 is 2.58 bits per heavy atom. The molecule has 0 spiro atoms. The third kappa shape index (κ3) is 4.31. The monoisotopic (exact) mass is 342 g/mol. The molecule has 2 aromatic rings. The first-order valence-electron chi connectivity index (χ1n) is 7.73. The molecule has 0 atom stereocenters. The summed E-state index contributed by atoms with van der Waals surface area (Å²) < 4.78 is 11.0. The highest BCUT2D eigenvalue weighted by atomic mass is 32.1. The second-order valence-electron chi connectivity index (χ2n) is 5.32. The first-order chi connectivity index (χ1) is 11.7. The summed E-state index contributed by atoms with van der Waals surface area (Å²) in [5, 5.41) is 3.25. The molecule has 0 aliphatic carbocycles. The summed E-state index contributed by atoms with van der Waals surface area (Å²) in [7, 11) is 0. The van der Waals surface area contributed by atoms with Crippen LogP contribution in [0.2, 0.25) is 0 Å². The predicted octanol–water partition coefficient (Wildman–Crippen LogP) is 2.93. The number of rotatable bonds is 3. The second kappa shape index (κ2) is 7.90. The van der Waals surface area contributed by atoms with E-state index in [4.69, 9.17) is 21.7 Å². The maximum atomic E-state index is 12.3. The predicted molar refractivity (Wildman–Crippen MR) is 96.5 cm³/mol. The zero-order valence-corrected chi connectivity index (χ0v) is 13.9. The highest BCUT2D eigenvalue weighted by Crippen LogP contribution is 2.17. The van der Waals surface area contributed by atoms with Crippen molar-refractivity contribution >= 4 is 29.0 Å². The van der Waals surface area contributed by atoms with Crippen LogP contribution in [0.5, 0.6) is 5.75 Å². The van der Waals surface area contributed by atoms with Gasteiger partial charge in [-0.1, -0.05) is 24.3 Å². The lowest BCUT2D eigenvalue weighted by Gasteiger charge is -2.28. The minimum atomic E-state index is -0.191. The van der Waals surface area contributed by atoms with E-state index >= 15 is 0 Å². The van der Waals surface area contributed by atoms with E-state index < -0.39 is 0 Å². The summed E-state index contributed by atoms with van der Waals surface area (Å²) >= 11 is 5.32. The number of thiocarbonyl (C=S) groups is 1. The molecule has 0 radical (unpaired) electrons. The Labute approximate surface area is 146 Å². The fourth-order valence-corrected chi connectivity index (χ4v) is 2.62. The number of nitrogens with zero attached hydrogens (tertiary/aromatic N) is 1. The van der Waals surface area contributed by atoms with Crippen LogP contribution >= 0.6 is 12.2 Å². The standard InChI is InChI=1S/C18H18N2O3S/c21-17(19-15-6-2-1-3-7-15)14-5-4-8-16(13-14)23-18(24)20-9-11-22-12-10-20/h1-8,13H,9-12H2,(H,19,21). The molecule has 0 bridgehead atoms. The lowest BCUT2D eigenvalue weighted by Crippen LogP contribution is -2.42. The van der Waals surface area contributed by atoms with Crippen molar-refractivity contribution < 1.29 is 14.3 Å². The molecule has 5 nitrogen and oxygen atoms in total. The van der Waals surface area contributed by atoms with E-state index in [0.29, 0.717) is 42.8 Å². The average molecular weight is 342 g/mol. The van der Waals surface area contributed by atoms with Crippen LogP contribution in [0.4, 0.5) is 5.69 Å². The van der Waals surface area contributed by atoms with Gasteiger partial charge in [0.25, 0.3) is 11.1 Å². The number of amides is 1. The lowest BCUT2D eigenvalue weighted by molar-refractivity contribution is 0.0631. The minimum Gasteiger partial charge on any atom is -0.432 e. The van der Waals surface area contributed by atoms with Gasteiger partial charge in [-0.2, -0.15) is 0 Å². The van der Waals surface area contributed by atoms with Crippen molar-refractivity contribution in [3.05, 3.63) is 60.2 Å². The van der Waals surface area contributed by atoms with Gasteiger partial charge in [0.2, 0.25) is 0 Å². The molecule has 1 saturated heterocycles. The van der Waals surface area contributed by atoms with Gasteiger partial charge in [-0.05, 0) is 42.5 Å². The van der Waals surface area contributed by atoms with Crippen molar-refractivity contribution in [2.45, 2.75) is 0 Å². The van der Waals surface area contributed by atoms with Crippen LogP contribution < -0.4 is 10.1 Å². The van der Waals surface area contributed by atoms with Gasteiger partial charge < -0.3 is 19.7 Å². The van der Waals surface area contributed by atoms with E-state index in [1.54, 1.807) is 24.3 Å². The summed E-state index contributed by atoms with van der Waals surface area (Å²) in [6.45, 7) is 2.71. The third-order valence-corrected chi connectivity index (χ3v) is 3.94. The van der Waals surface area contributed by atoms with Gasteiger partial charge in [-0.15, -0.1) is 0 Å². The third-order valence-electron chi connectivity index (χ3n) is 3.60. The Morgan fingerprint density at radius 1 is 1.08 bits per heavy atom. The molecule has 0 unspecified atom stereocenters. The highest BCUT2D eigenvalue weighted by Gasteiger charge is 2.16. The Kier molecular flexibility index (Phi) is 5.40. The molecule has 1 amide bonds. The van der Waals surface area contributed by atoms with Gasteiger partial charge in [-0.3, -0.25) is 4.79 Å². The van der Waals surface area contributed by atoms with Crippen LogP contribution in [0.1, 0.15) is 10.4 Å². The topological polar surface area (TPSA) is 50.8 Å². The Hall–Kier alpha value is -2.44. The molecular weight excluding hydrogens is 324 g/mol. The molecule has 1 heterocycles. The Bertz CT molecular complexity index is 715. The fourth-order valence-electron chi connectivity index (χ4n) is 2.34. The zero-order valence-electron chi connectivity index (χ0n) is 13.1. The number of anilines is 1. The Morgan fingerprint density at radius 2 is 1.83 bits per heavy atom. The maximum absolute atomic E-state index is 12.3. The molecule has 1 aliphatic rings. The summed E-state index contributed by atoms with van der Waals surface area (Å²) in [6.07, 6.45) is 0. The minimum absolute atomic E-state index is 0.191. The number of para-hydroxylation sites is 1. The van der Waals surface area contributed by atoms with E-state index in [1.807, 2.05) is 35.2 Å². The van der Waals surface area contributed by atoms with Crippen LogP contribution in [-0.4, -0.2) is 42.3 Å². The van der Waals surface area contributed by atoms with Crippen molar-refractivity contribution in [2.24, 2.45) is 0 Å². The molecule has 1 aliphatic heterocycles. The van der Waals surface area contributed by atoms with E-state index in [9.17, 15) is 4.79 Å². The van der Waals surface area contributed by atoms with Gasteiger partial charge in [0.1, 0.15) is 5.75 Å². The molecule has 1 fully saturated rings. The first-order valence-corrected chi connectivity index (χ1v) is 8.14. The quantitative estimate of drug-likeness (QED) is 0.869. The van der Waals surface area contributed by atoms with Gasteiger partial charge >= 0.3 is 0 Å². The fraction of sp³-hybridized carbons (Fsp3) is 0.222. The number of hydrogen-bond donors (Lipinski definition) is 1. The molecule has 124 valence electrons. The number of benzene rings is 2. The lowest BCUT2D eigenvalue weighted by atomic mass is 10.2. The van der Waals surface area contributed by atoms with Crippen molar-refractivity contribution in [2.75, 3.05) is 31.6 Å². The molecular formula is C18H18N2O3S. The number of carbonyl (C=O) groups is 1. The van der Waals surface area contributed by atoms with Crippen LogP contribution in [-0.2, 0) is 4.74 Å². The molecule has 2 aromatic carbocycles. The molecule has 6 heteroatoms. The molecule has 24 heavy (non-hydrogen) atoms. The smallest absolute Gasteiger partial charge is 0.264 e. The summed E-state index contributed by atoms with van der Waals surface area (Å²) in [6, 6.07) is 16.3. The van der Waals surface area contributed by atoms with E-state index in [1.165, 1.54) is 0 Å². The van der Waals surface area contributed by atoms with E-state index in [-0.39, 0.29) is 5.91 Å².